The Morgan fingerprint density at radius 1 is 1.13 bits per heavy atom. The minimum absolute atomic E-state index is 0.0530. The second kappa shape index (κ2) is 7.79. The smallest absolute Gasteiger partial charge is 0.234 e. The number of carbonyl (C=O) groups excluding carboxylic acids is 1. The summed E-state index contributed by atoms with van der Waals surface area (Å²) in [6, 6.07) is 11.4. The van der Waals surface area contributed by atoms with Crippen LogP contribution < -0.4 is 10.2 Å². The summed E-state index contributed by atoms with van der Waals surface area (Å²) in [5, 5.41) is 12.1. The first-order chi connectivity index (χ1) is 11.2. The van der Waals surface area contributed by atoms with Crippen molar-refractivity contribution in [3.63, 3.8) is 0 Å². The molecule has 1 aromatic carbocycles. The second-order valence-electron chi connectivity index (χ2n) is 5.27. The fraction of sp³-hybridized carbons (Fsp3) is 0.312. The molecule has 1 saturated heterocycles. The normalized spacial score (nSPS) is 14.0. The van der Waals surface area contributed by atoms with Crippen LogP contribution in [-0.4, -0.2) is 34.9 Å². The summed E-state index contributed by atoms with van der Waals surface area (Å²) >= 11 is 4.76. The molecule has 0 aliphatic carbocycles. The summed E-state index contributed by atoms with van der Waals surface area (Å²) in [5.74, 6) is 1.18. The van der Waals surface area contributed by atoms with Crippen molar-refractivity contribution in [3.8, 4) is 0 Å². The Balaban J connectivity index is 1.49. The van der Waals surface area contributed by atoms with Crippen LogP contribution in [0.5, 0.6) is 0 Å². The maximum atomic E-state index is 11.9. The Bertz CT molecular complexity index is 657. The number of anilines is 2. The number of hydrogen-bond donors (Lipinski definition) is 1. The Kier molecular flexibility index (Phi) is 5.51. The van der Waals surface area contributed by atoms with Crippen molar-refractivity contribution in [1.29, 1.82) is 0 Å². The van der Waals surface area contributed by atoms with E-state index in [1.54, 1.807) is 0 Å². The topological polar surface area (TPSA) is 58.1 Å². The summed E-state index contributed by atoms with van der Waals surface area (Å²) in [4.78, 5) is 14.2. The van der Waals surface area contributed by atoms with Crippen LogP contribution in [0, 0.1) is 0 Å². The molecule has 23 heavy (non-hydrogen) atoms. The maximum Gasteiger partial charge on any atom is 0.234 e. The zero-order chi connectivity index (χ0) is 16.1. The molecule has 0 atom stereocenters. The number of nitrogens with one attached hydrogen (secondary N) is 1. The van der Waals surface area contributed by atoms with Crippen LogP contribution in [0.2, 0.25) is 0 Å². The van der Waals surface area contributed by atoms with Gasteiger partial charge in [-0.25, -0.2) is 0 Å². The van der Waals surface area contributed by atoms with Gasteiger partial charge in [0.1, 0.15) is 5.03 Å². The second-order valence-corrected chi connectivity index (χ2v) is 7.18. The predicted octanol–water partition coefficient (Wildman–Crippen LogP) is 3.57. The lowest BCUT2D eigenvalue weighted by atomic mass is 10.3. The number of amides is 1. The molecular formula is C16H17BrN4OS. The van der Waals surface area contributed by atoms with Crippen LogP contribution in [0.15, 0.2) is 45.9 Å². The van der Waals surface area contributed by atoms with E-state index in [9.17, 15) is 4.79 Å². The van der Waals surface area contributed by atoms with E-state index in [-0.39, 0.29) is 5.91 Å². The van der Waals surface area contributed by atoms with Crippen LogP contribution in [0.4, 0.5) is 11.5 Å². The van der Waals surface area contributed by atoms with Crippen LogP contribution in [0.3, 0.4) is 0 Å². The third-order valence-corrected chi connectivity index (χ3v) is 4.98. The molecule has 0 bridgehead atoms. The number of benzene rings is 1. The molecule has 7 heteroatoms. The molecule has 2 heterocycles. The van der Waals surface area contributed by atoms with Gasteiger partial charge in [-0.1, -0.05) is 27.7 Å². The van der Waals surface area contributed by atoms with Gasteiger partial charge in [-0.2, -0.15) is 0 Å². The predicted molar refractivity (Wildman–Crippen MR) is 97.0 cm³/mol. The number of halogens is 1. The average molecular weight is 393 g/mol. The summed E-state index contributed by atoms with van der Waals surface area (Å²) in [7, 11) is 0. The Labute approximate surface area is 148 Å². The first kappa shape index (κ1) is 16.3. The van der Waals surface area contributed by atoms with Gasteiger partial charge in [-0.3, -0.25) is 4.79 Å². The van der Waals surface area contributed by atoms with Gasteiger partial charge < -0.3 is 10.2 Å². The lowest BCUT2D eigenvalue weighted by molar-refractivity contribution is -0.113. The van der Waals surface area contributed by atoms with Gasteiger partial charge in [0.15, 0.2) is 5.82 Å². The number of carbonyl (C=O) groups is 1. The Morgan fingerprint density at radius 2 is 1.87 bits per heavy atom. The third-order valence-electron chi connectivity index (χ3n) is 3.54. The number of thioether (sulfide) groups is 1. The number of aromatic nitrogens is 2. The minimum atomic E-state index is -0.0530. The van der Waals surface area contributed by atoms with Crippen molar-refractivity contribution in [3.05, 3.63) is 40.9 Å². The first-order valence-corrected chi connectivity index (χ1v) is 9.25. The van der Waals surface area contributed by atoms with Gasteiger partial charge in [-0.05, 0) is 49.2 Å². The van der Waals surface area contributed by atoms with Gasteiger partial charge >= 0.3 is 0 Å². The highest BCUT2D eigenvalue weighted by atomic mass is 79.9. The Morgan fingerprint density at radius 3 is 2.52 bits per heavy atom. The number of nitrogens with zero attached hydrogens (tertiary/aromatic N) is 3. The highest BCUT2D eigenvalue weighted by Gasteiger charge is 2.14. The molecule has 2 aromatic rings. The average Bonchev–Trinajstić information content (AvgIpc) is 3.10. The van der Waals surface area contributed by atoms with Gasteiger partial charge in [0.25, 0.3) is 0 Å². The largest absolute Gasteiger partial charge is 0.355 e. The van der Waals surface area contributed by atoms with Crippen molar-refractivity contribution >= 4 is 45.1 Å². The van der Waals surface area contributed by atoms with E-state index in [1.807, 2.05) is 36.4 Å². The fourth-order valence-corrected chi connectivity index (χ4v) is 3.25. The molecule has 5 nitrogen and oxygen atoms in total. The van der Waals surface area contributed by atoms with Crippen LogP contribution in [0.1, 0.15) is 12.8 Å². The molecule has 1 fully saturated rings. The molecule has 0 spiro atoms. The van der Waals surface area contributed by atoms with Crippen molar-refractivity contribution in [2.75, 3.05) is 29.1 Å². The van der Waals surface area contributed by atoms with E-state index in [4.69, 9.17) is 0 Å². The van der Waals surface area contributed by atoms with Gasteiger partial charge in [-0.15, -0.1) is 10.2 Å². The van der Waals surface area contributed by atoms with E-state index < -0.39 is 0 Å². The monoisotopic (exact) mass is 392 g/mol. The number of hydrogen-bond acceptors (Lipinski definition) is 5. The van der Waals surface area contributed by atoms with E-state index >= 15 is 0 Å². The van der Waals surface area contributed by atoms with Gasteiger partial charge in [0, 0.05) is 23.2 Å². The molecule has 1 aliphatic rings. The zero-order valence-electron chi connectivity index (χ0n) is 12.5. The minimum Gasteiger partial charge on any atom is -0.355 e. The molecule has 0 radical (unpaired) electrons. The third kappa shape index (κ3) is 4.68. The molecule has 0 saturated carbocycles. The lowest BCUT2D eigenvalue weighted by Gasteiger charge is -2.15. The first-order valence-electron chi connectivity index (χ1n) is 7.47. The summed E-state index contributed by atoms with van der Waals surface area (Å²) < 4.78 is 0.984. The van der Waals surface area contributed by atoms with E-state index in [2.05, 4.69) is 36.3 Å². The van der Waals surface area contributed by atoms with E-state index in [0.717, 1.165) is 34.1 Å². The lowest BCUT2D eigenvalue weighted by Crippen LogP contribution is -2.19. The van der Waals surface area contributed by atoms with Gasteiger partial charge in [0.2, 0.25) is 5.91 Å². The van der Waals surface area contributed by atoms with Crippen LogP contribution >= 0.6 is 27.7 Å². The molecule has 1 aliphatic heterocycles. The molecule has 3 rings (SSSR count). The van der Waals surface area contributed by atoms with Crippen molar-refractivity contribution in [2.24, 2.45) is 0 Å². The molecule has 1 aromatic heterocycles. The highest BCUT2D eigenvalue weighted by molar-refractivity contribution is 9.10. The molecule has 0 unspecified atom stereocenters. The molecular weight excluding hydrogens is 376 g/mol. The molecule has 1 amide bonds. The van der Waals surface area contributed by atoms with Crippen LogP contribution in [-0.2, 0) is 4.79 Å². The number of rotatable bonds is 5. The maximum absolute atomic E-state index is 11.9. The summed E-state index contributed by atoms with van der Waals surface area (Å²) in [6.45, 7) is 2.10. The standard InChI is InChI=1S/C16H17BrN4OS/c17-12-3-5-13(6-4-12)18-15(22)11-23-16-8-7-14(19-20-16)21-9-1-2-10-21/h3-8H,1-2,9-11H2,(H,18,22). The van der Waals surface area contributed by atoms with Gasteiger partial charge in [0.05, 0.1) is 5.75 Å². The van der Waals surface area contributed by atoms with E-state index in [0.29, 0.717) is 5.75 Å². The SMILES string of the molecule is O=C(CSc1ccc(N2CCCC2)nn1)Nc1ccc(Br)cc1. The summed E-state index contributed by atoms with van der Waals surface area (Å²) in [6.07, 6.45) is 2.43. The quantitative estimate of drug-likeness (QED) is 0.788. The van der Waals surface area contributed by atoms with Crippen LogP contribution in [0.25, 0.3) is 0 Å². The molecule has 1 N–H and O–H groups in total. The Hall–Kier alpha value is -1.60. The molecule has 120 valence electrons. The van der Waals surface area contributed by atoms with E-state index in [1.165, 1.54) is 24.6 Å². The van der Waals surface area contributed by atoms with Crippen molar-refractivity contribution in [2.45, 2.75) is 17.9 Å². The highest BCUT2D eigenvalue weighted by Crippen LogP contribution is 2.20. The fourth-order valence-electron chi connectivity index (χ4n) is 2.37. The van der Waals surface area contributed by atoms with Crippen molar-refractivity contribution in [1.82, 2.24) is 10.2 Å². The zero-order valence-corrected chi connectivity index (χ0v) is 14.9. The summed E-state index contributed by atoms with van der Waals surface area (Å²) in [5.41, 5.74) is 0.786. The van der Waals surface area contributed by atoms with Crippen molar-refractivity contribution < 1.29 is 4.79 Å².